The Bertz CT molecular complexity index is 3010. The molecule has 0 spiro atoms. The summed E-state index contributed by atoms with van der Waals surface area (Å²) < 4.78 is 0. The van der Waals surface area contributed by atoms with Crippen LogP contribution in [0.25, 0.3) is 49.4 Å². The Kier molecular flexibility index (Phi) is 10.8. The third-order valence-electron chi connectivity index (χ3n) is 11.8. The molecule has 0 saturated carbocycles. The van der Waals surface area contributed by atoms with Crippen molar-refractivity contribution in [1.29, 1.82) is 0 Å². The Morgan fingerprint density at radius 3 is 1.97 bits per heavy atom. The molecule has 0 aromatic heterocycles. The van der Waals surface area contributed by atoms with Crippen LogP contribution in [0.1, 0.15) is 35.6 Å². The summed E-state index contributed by atoms with van der Waals surface area (Å²) in [5, 5.41) is 53.2. The lowest BCUT2D eigenvalue weighted by Gasteiger charge is -2.34. The van der Waals surface area contributed by atoms with Crippen molar-refractivity contribution in [3.63, 3.8) is 0 Å². The van der Waals surface area contributed by atoms with E-state index in [2.05, 4.69) is 76.0 Å². The maximum Gasteiger partial charge on any atom is 0.186 e. The van der Waals surface area contributed by atoms with Gasteiger partial charge in [0.2, 0.25) is 0 Å². The number of phenolic OH excluding ortho intramolecular Hbond substituents is 4. The minimum Gasteiger partial charge on any atom is -0.504 e. The zero-order valence-electron chi connectivity index (χ0n) is 34.3. The van der Waals surface area contributed by atoms with Crippen LogP contribution in [-0.4, -0.2) is 20.4 Å². The number of aryl methyl sites for hydroxylation is 1. The van der Waals surface area contributed by atoms with E-state index < -0.39 is 28.4 Å². The number of hydrogen-bond acceptors (Lipinski definition) is 5. The molecule has 5 heteroatoms. The van der Waals surface area contributed by atoms with E-state index in [1.807, 2.05) is 115 Å². The molecule has 300 valence electrons. The van der Waals surface area contributed by atoms with Crippen molar-refractivity contribution in [2.24, 2.45) is 0 Å². The highest BCUT2D eigenvalue weighted by molar-refractivity contribution is 6.14. The number of anilines is 3. The topological polar surface area (TPSA) is 84.2 Å². The number of benzene rings is 8. The molecule has 0 aliphatic carbocycles. The Hall–Kier alpha value is -7.76. The first-order valence-electron chi connectivity index (χ1n) is 20.2. The SMILES string of the molecule is C=C/C=C(\C=C)c1ccccc1N(c1ccc(C)c(C(C)(CC=C)c2ccccc2)c1)c1c(O)c(O)c(-c2cccc(-c3cc4ccccc4c4ccccc34)c2)c(O)c1O. The van der Waals surface area contributed by atoms with Crippen LogP contribution in [0, 0.1) is 6.92 Å². The van der Waals surface area contributed by atoms with Gasteiger partial charge in [-0.15, -0.1) is 6.58 Å². The molecular formula is C56H47NO4. The summed E-state index contributed by atoms with van der Waals surface area (Å²) in [6.45, 7) is 16.3. The van der Waals surface area contributed by atoms with Gasteiger partial charge < -0.3 is 25.3 Å². The van der Waals surface area contributed by atoms with E-state index >= 15 is 0 Å². The quantitative estimate of drug-likeness (QED) is 0.0325. The lowest BCUT2D eigenvalue weighted by molar-refractivity contribution is 0.377. The van der Waals surface area contributed by atoms with Crippen LogP contribution in [0.4, 0.5) is 17.1 Å². The van der Waals surface area contributed by atoms with Gasteiger partial charge in [-0.1, -0.05) is 166 Å². The lowest BCUT2D eigenvalue weighted by atomic mass is 9.72. The summed E-state index contributed by atoms with van der Waals surface area (Å²) in [6.07, 6.45) is 7.73. The molecule has 0 amide bonds. The molecule has 0 aliphatic heterocycles. The standard InChI is InChI=1S/C56H47NO4/c1-6-19-37(8-3)44-26-16-17-29-49(44)57(42-31-30-36(4)48(35-42)56(5,32-7-2)41-23-10-9-11-24-41)51-54(60)52(58)50(53(59)55(51)61)40-22-18-21-38(33-40)47-34-39-20-12-13-25-43(39)45-27-14-15-28-46(45)47/h6-31,33-35,58-61H,1-3,32H2,4-5H3/b37-19+. The Labute approximate surface area is 357 Å². The smallest absolute Gasteiger partial charge is 0.186 e. The molecule has 1 atom stereocenters. The molecular weight excluding hydrogens is 751 g/mol. The van der Waals surface area contributed by atoms with E-state index in [9.17, 15) is 20.4 Å². The minimum atomic E-state index is -0.617. The minimum absolute atomic E-state index is 0.107. The number of rotatable bonds is 12. The third kappa shape index (κ3) is 7.00. The van der Waals surface area contributed by atoms with Crippen LogP contribution < -0.4 is 4.90 Å². The molecule has 0 bridgehead atoms. The molecule has 8 aromatic rings. The van der Waals surface area contributed by atoms with Crippen LogP contribution in [0.2, 0.25) is 0 Å². The second-order valence-corrected chi connectivity index (χ2v) is 15.5. The summed E-state index contributed by atoms with van der Waals surface area (Å²) in [5.74, 6) is -2.42. The van der Waals surface area contributed by atoms with Crippen molar-refractivity contribution in [1.82, 2.24) is 0 Å². The Balaban J connectivity index is 1.36. The Morgan fingerprint density at radius 1 is 0.623 bits per heavy atom. The highest BCUT2D eigenvalue weighted by Crippen LogP contribution is 2.59. The predicted octanol–water partition coefficient (Wildman–Crippen LogP) is 14.6. The largest absolute Gasteiger partial charge is 0.504 e. The molecule has 1 unspecified atom stereocenters. The van der Waals surface area contributed by atoms with E-state index in [1.165, 1.54) is 0 Å². The zero-order valence-corrected chi connectivity index (χ0v) is 34.3. The fraction of sp³-hybridized carbons (Fsp3) is 0.0714. The molecule has 8 rings (SSSR count). The van der Waals surface area contributed by atoms with Gasteiger partial charge >= 0.3 is 0 Å². The number of hydrogen-bond donors (Lipinski definition) is 4. The summed E-state index contributed by atoms with van der Waals surface area (Å²) in [5.41, 5.74) is 7.01. The van der Waals surface area contributed by atoms with E-state index in [0.29, 0.717) is 28.9 Å². The van der Waals surface area contributed by atoms with Gasteiger partial charge in [-0.05, 0) is 104 Å². The molecule has 0 radical (unpaired) electrons. The maximum atomic E-state index is 12.3. The average molecular weight is 798 g/mol. The first kappa shape index (κ1) is 40.0. The van der Waals surface area contributed by atoms with Gasteiger partial charge in [0.15, 0.2) is 23.0 Å². The summed E-state index contributed by atoms with van der Waals surface area (Å²) in [4.78, 5) is 1.67. The molecule has 0 aliphatic rings. The highest BCUT2D eigenvalue weighted by atomic mass is 16.3. The molecule has 0 fully saturated rings. The Morgan fingerprint density at radius 2 is 1.26 bits per heavy atom. The number of para-hydroxylation sites is 1. The first-order chi connectivity index (χ1) is 29.6. The van der Waals surface area contributed by atoms with E-state index in [0.717, 1.165) is 54.9 Å². The van der Waals surface area contributed by atoms with Crippen LogP contribution in [0.5, 0.6) is 23.0 Å². The molecule has 0 heterocycles. The van der Waals surface area contributed by atoms with Gasteiger partial charge in [-0.2, -0.15) is 0 Å². The average Bonchev–Trinajstić information content (AvgIpc) is 3.29. The van der Waals surface area contributed by atoms with Gasteiger partial charge in [0.1, 0.15) is 5.69 Å². The maximum absolute atomic E-state index is 12.3. The van der Waals surface area contributed by atoms with E-state index in [1.54, 1.807) is 23.1 Å². The molecule has 5 nitrogen and oxygen atoms in total. The molecule has 61 heavy (non-hydrogen) atoms. The van der Waals surface area contributed by atoms with Crippen molar-refractivity contribution >= 4 is 44.2 Å². The molecule has 0 saturated heterocycles. The van der Waals surface area contributed by atoms with Crippen molar-refractivity contribution in [3.8, 4) is 45.3 Å². The predicted molar refractivity (Wildman–Crippen MR) is 254 cm³/mol. The van der Waals surface area contributed by atoms with Gasteiger partial charge in [-0.25, -0.2) is 0 Å². The molecule has 8 aromatic carbocycles. The molecule has 4 N–H and O–H groups in total. The van der Waals surface area contributed by atoms with Crippen molar-refractivity contribution in [3.05, 3.63) is 218 Å². The number of allylic oxidation sites excluding steroid dienone is 5. The highest BCUT2D eigenvalue weighted by Gasteiger charge is 2.34. The summed E-state index contributed by atoms with van der Waals surface area (Å²) in [7, 11) is 0. The monoisotopic (exact) mass is 797 g/mol. The number of fused-ring (bicyclic) bond motifs is 3. The van der Waals surface area contributed by atoms with Gasteiger partial charge in [-0.3, -0.25) is 0 Å². The van der Waals surface area contributed by atoms with Crippen molar-refractivity contribution in [2.45, 2.75) is 25.7 Å². The second-order valence-electron chi connectivity index (χ2n) is 15.5. The fourth-order valence-corrected chi connectivity index (χ4v) is 8.82. The van der Waals surface area contributed by atoms with Crippen LogP contribution in [0.3, 0.4) is 0 Å². The number of nitrogens with zero attached hydrogens (tertiary/aromatic N) is 1. The second kappa shape index (κ2) is 16.5. The number of aromatic hydroxyl groups is 4. The van der Waals surface area contributed by atoms with Crippen LogP contribution in [0.15, 0.2) is 196 Å². The van der Waals surface area contributed by atoms with E-state index in [-0.39, 0.29) is 11.3 Å². The van der Waals surface area contributed by atoms with Crippen LogP contribution >= 0.6 is 0 Å². The third-order valence-corrected chi connectivity index (χ3v) is 11.8. The zero-order chi connectivity index (χ0) is 42.8. The van der Waals surface area contributed by atoms with Crippen molar-refractivity contribution in [2.75, 3.05) is 4.90 Å². The van der Waals surface area contributed by atoms with E-state index in [4.69, 9.17) is 0 Å². The van der Waals surface area contributed by atoms with Gasteiger partial charge in [0.05, 0.1) is 11.3 Å². The summed E-state index contributed by atoms with van der Waals surface area (Å²) in [6, 6.07) is 49.6. The number of phenols is 4. The van der Waals surface area contributed by atoms with Gasteiger partial charge in [0.25, 0.3) is 0 Å². The summed E-state index contributed by atoms with van der Waals surface area (Å²) >= 11 is 0. The first-order valence-corrected chi connectivity index (χ1v) is 20.2. The van der Waals surface area contributed by atoms with Gasteiger partial charge in [0, 0.05) is 16.7 Å². The van der Waals surface area contributed by atoms with Crippen LogP contribution in [-0.2, 0) is 5.41 Å². The lowest BCUT2D eigenvalue weighted by Crippen LogP contribution is -2.25. The normalized spacial score (nSPS) is 12.5. The van der Waals surface area contributed by atoms with Crippen molar-refractivity contribution < 1.29 is 20.4 Å². The fourth-order valence-electron chi connectivity index (χ4n) is 8.82.